The van der Waals surface area contributed by atoms with Crippen molar-refractivity contribution >= 4 is 17.5 Å². The van der Waals surface area contributed by atoms with Crippen molar-refractivity contribution in [3.05, 3.63) is 70.7 Å². The van der Waals surface area contributed by atoms with Gasteiger partial charge >= 0.3 is 0 Å². The number of aliphatic hydroxyl groups excluding tert-OH is 1. The zero-order valence-corrected chi connectivity index (χ0v) is 15.4. The van der Waals surface area contributed by atoms with Gasteiger partial charge in [0.05, 0.1) is 18.1 Å². The highest BCUT2D eigenvalue weighted by Crippen LogP contribution is 2.36. The molecule has 1 heterocycles. The molecule has 1 N–H and O–H groups in total. The van der Waals surface area contributed by atoms with Gasteiger partial charge in [-0.05, 0) is 43.5 Å². The van der Waals surface area contributed by atoms with Gasteiger partial charge < -0.3 is 10.0 Å². The second-order valence-electron chi connectivity index (χ2n) is 7.27. The van der Waals surface area contributed by atoms with Crippen LogP contribution in [0, 0.1) is 0 Å². The third kappa shape index (κ3) is 3.58. The largest absolute Gasteiger partial charge is 0.394 e. The Labute approximate surface area is 154 Å². The Kier molecular flexibility index (Phi) is 5.16. The monoisotopic (exact) mass is 357 g/mol. The SMILES string of the molecule is CC(C)(C(=O)N1C[C@@H](c2ccccc2)C[C@H]1CO)c1ccc(Cl)cc1. The van der Waals surface area contributed by atoms with Gasteiger partial charge in [-0.15, -0.1) is 0 Å². The molecule has 0 radical (unpaired) electrons. The van der Waals surface area contributed by atoms with Crippen LogP contribution in [0.1, 0.15) is 37.3 Å². The summed E-state index contributed by atoms with van der Waals surface area (Å²) in [5, 5.41) is 10.5. The number of amides is 1. The van der Waals surface area contributed by atoms with Crippen molar-refractivity contribution < 1.29 is 9.90 Å². The van der Waals surface area contributed by atoms with Crippen LogP contribution in [0.5, 0.6) is 0 Å². The van der Waals surface area contributed by atoms with E-state index in [0.717, 1.165) is 12.0 Å². The van der Waals surface area contributed by atoms with E-state index in [-0.39, 0.29) is 24.5 Å². The topological polar surface area (TPSA) is 40.5 Å². The van der Waals surface area contributed by atoms with Crippen LogP contribution >= 0.6 is 11.6 Å². The minimum atomic E-state index is -0.663. The molecule has 0 aromatic heterocycles. The third-order valence-corrected chi connectivity index (χ3v) is 5.51. The van der Waals surface area contributed by atoms with Gasteiger partial charge in [-0.1, -0.05) is 54.1 Å². The zero-order valence-electron chi connectivity index (χ0n) is 14.7. The first-order chi connectivity index (χ1) is 11.9. The maximum absolute atomic E-state index is 13.3. The van der Waals surface area contributed by atoms with Crippen LogP contribution in [0.2, 0.25) is 5.02 Å². The fraction of sp³-hybridized carbons (Fsp3) is 0.381. The Balaban J connectivity index is 1.83. The highest BCUT2D eigenvalue weighted by Gasteiger charge is 2.42. The fourth-order valence-electron chi connectivity index (χ4n) is 3.65. The van der Waals surface area contributed by atoms with Crippen LogP contribution in [0.4, 0.5) is 0 Å². The van der Waals surface area contributed by atoms with Gasteiger partial charge in [-0.2, -0.15) is 0 Å². The number of hydrogen-bond acceptors (Lipinski definition) is 2. The summed E-state index contributed by atoms with van der Waals surface area (Å²) in [6.45, 7) is 4.50. The van der Waals surface area contributed by atoms with Crippen molar-refractivity contribution in [3.8, 4) is 0 Å². The molecule has 2 atom stereocenters. The maximum atomic E-state index is 13.3. The maximum Gasteiger partial charge on any atom is 0.233 e. The lowest BCUT2D eigenvalue weighted by Crippen LogP contribution is -2.47. The van der Waals surface area contributed by atoms with Crippen molar-refractivity contribution in [1.82, 2.24) is 4.90 Å². The molecule has 1 fully saturated rings. The van der Waals surface area contributed by atoms with Gasteiger partial charge in [0, 0.05) is 17.5 Å². The number of hydrogen-bond donors (Lipinski definition) is 1. The Hall–Kier alpha value is -1.84. The van der Waals surface area contributed by atoms with E-state index in [1.165, 1.54) is 5.56 Å². The summed E-state index contributed by atoms with van der Waals surface area (Å²) < 4.78 is 0. The molecule has 0 spiro atoms. The molecule has 2 aromatic rings. The lowest BCUT2D eigenvalue weighted by Gasteiger charge is -2.33. The lowest BCUT2D eigenvalue weighted by atomic mass is 9.83. The van der Waals surface area contributed by atoms with Gasteiger partial charge in [0.1, 0.15) is 0 Å². The third-order valence-electron chi connectivity index (χ3n) is 5.26. The van der Waals surface area contributed by atoms with Crippen molar-refractivity contribution in [2.75, 3.05) is 13.2 Å². The van der Waals surface area contributed by atoms with E-state index in [1.807, 2.05) is 61.2 Å². The average Bonchev–Trinajstić information content (AvgIpc) is 3.06. The van der Waals surface area contributed by atoms with Crippen LogP contribution in [-0.4, -0.2) is 35.1 Å². The molecule has 132 valence electrons. The molecule has 3 nitrogen and oxygen atoms in total. The Morgan fingerprint density at radius 1 is 1.16 bits per heavy atom. The number of likely N-dealkylation sites (tertiary alicyclic amines) is 1. The van der Waals surface area contributed by atoms with Crippen molar-refractivity contribution in [1.29, 1.82) is 0 Å². The molecule has 0 saturated carbocycles. The number of halogens is 1. The number of nitrogens with zero attached hydrogens (tertiary/aromatic N) is 1. The minimum absolute atomic E-state index is 0.00816. The van der Waals surface area contributed by atoms with E-state index in [2.05, 4.69) is 12.1 Å². The summed E-state index contributed by atoms with van der Waals surface area (Å²) in [5.41, 5.74) is 1.49. The van der Waals surface area contributed by atoms with E-state index in [9.17, 15) is 9.90 Å². The average molecular weight is 358 g/mol. The molecular weight excluding hydrogens is 334 g/mol. The summed E-state index contributed by atoms with van der Waals surface area (Å²) in [6.07, 6.45) is 0.795. The van der Waals surface area contributed by atoms with Gasteiger partial charge in [-0.25, -0.2) is 0 Å². The van der Waals surface area contributed by atoms with Gasteiger partial charge in [0.25, 0.3) is 0 Å². The standard InChI is InChI=1S/C21H24ClNO2/c1-21(2,17-8-10-18(22)11-9-17)20(25)23-13-16(12-19(23)14-24)15-6-4-3-5-7-15/h3-11,16,19,24H,12-14H2,1-2H3/t16-,19-/m0/s1. The molecule has 0 unspecified atom stereocenters. The van der Waals surface area contributed by atoms with E-state index in [1.54, 1.807) is 0 Å². The normalized spacial score (nSPS) is 20.7. The van der Waals surface area contributed by atoms with Crippen LogP contribution in [0.3, 0.4) is 0 Å². The first-order valence-corrected chi connectivity index (χ1v) is 9.04. The predicted molar refractivity (Wildman–Crippen MR) is 101 cm³/mol. The Bertz CT molecular complexity index is 727. The molecule has 2 aromatic carbocycles. The summed E-state index contributed by atoms with van der Waals surface area (Å²) in [7, 11) is 0. The van der Waals surface area contributed by atoms with Crippen molar-refractivity contribution in [2.24, 2.45) is 0 Å². The molecular formula is C21H24ClNO2. The number of aliphatic hydroxyl groups is 1. The Morgan fingerprint density at radius 3 is 2.40 bits per heavy atom. The predicted octanol–water partition coefficient (Wildman–Crippen LogP) is 3.99. The fourth-order valence-corrected chi connectivity index (χ4v) is 3.78. The summed E-state index contributed by atoms with van der Waals surface area (Å²) in [6, 6.07) is 17.5. The molecule has 0 aliphatic carbocycles. The van der Waals surface area contributed by atoms with Crippen LogP contribution in [0.15, 0.2) is 54.6 Å². The number of carbonyl (C=O) groups excluding carboxylic acids is 1. The quantitative estimate of drug-likeness (QED) is 0.898. The Morgan fingerprint density at radius 2 is 1.80 bits per heavy atom. The van der Waals surface area contributed by atoms with E-state index in [0.29, 0.717) is 11.6 Å². The number of benzene rings is 2. The highest BCUT2D eigenvalue weighted by atomic mass is 35.5. The summed E-state index contributed by atoms with van der Waals surface area (Å²) in [4.78, 5) is 15.1. The van der Waals surface area contributed by atoms with E-state index < -0.39 is 5.41 Å². The zero-order chi connectivity index (χ0) is 18.0. The van der Waals surface area contributed by atoms with Gasteiger partial charge in [0.15, 0.2) is 0 Å². The molecule has 1 saturated heterocycles. The first-order valence-electron chi connectivity index (χ1n) is 8.66. The molecule has 0 bridgehead atoms. The number of carbonyl (C=O) groups is 1. The van der Waals surface area contributed by atoms with Crippen molar-refractivity contribution in [2.45, 2.75) is 37.6 Å². The second kappa shape index (κ2) is 7.19. The molecule has 25 heavy (non-hydrogen) atoms. The first kappa shape index (κ1) is 18.0. The summed E-state index contributed by atoms with van der Waals surface area (Å²) in [5.74, 6) is 0.315. The molecule has 4 heteroatoms. The van der Waals surface area contributed by atoms with Crippen LogP contribution in [0.25, 0.3) is 0 Å². The summed E-state index contributed by atoms with van der Waals surface area (Å²) >= 11 is 5.97. The molecule has 1 amide bonds. The van der Waals surface area contributed by atoms with Gasteiger partial charge in [-0.3, -0.25) is 4.79 Å². The lowest BCUT2D eigenvalue weighted by molar-refractivity contribution is -0.137. The second-order valence-corrected chi connectivity index (χ2v) is 7.71. The van der Waals surface area contributed by atoms with E-state index in [4.69, 9.17) is 11.6 Å². The highest BCUT2D eigenvalue weighted by molar-refractivity contribution is 6.30. The number of rotatable bonds is 4. The minimum Gasteiger partial charge on any atom is -0.394 e. The van der Waals surface area contributed by atoms with Crippen molar-refractivity contribution in [3.63, 3.8) is 0 Å². The molecule has 1 aliphatic heterocycles. The van der Waals surface area contributed by atoms with Crippen LogP contribution < -0.4 is 0 Å². The van der Waals surface area contributed by atoms with Gasteiger partial charge in [0.2, 0.25) is 5.91 Å². The smallest absolute Gasteiger partial charge is 0.233 e. The molecule has 1 aliphatic rings. The van der Waals surface area contributed by atoms with Crippen LogP contribution in [-0.2, 0) is 10.2 Å². The van der Waals surface area contributed by atoms with E-state index >= 15 is 0 Å². The molecule has 3 rings (SSSR count).